The highest BCUT2D eigenvalue weighted by Crippen LogP contribution is 2.21. The maximum absolute atomic E-state index is 12.6. The molecule has 0 saturated heterocycles. The van der Waals surface area contributed by atoms with Crippen molar-refractivity contribution in [2.75, 3.05) is 7.11 Å². The van der Waals surface area contributed by atoms with Gasteiger partial charge in [0.2, 0.25) is 5.82 Å². The minimum atomic E-state index is -0.0748. The van der Waals surface area contributed by atoms with Gasteiger partial charge in [0.25, 0.3) is 0 Å². The Morgan fingerprint density at radius 1 is 0.893 bits per heavy atom. The van der Waals surface area contributed by atoms with E-state index in [1.807, 2.05) is 78.9 Å². The summed E-state index contributed by atoms with van der Waals surface area (Å²) < 4.78 is 5.21. The number of tetrazole rings is 1. The molecule has 0 bridgehead atoms. The van der Waals surface area contributed by atoms with E-state index in [1.165, 1.54) is 4.80 Å². The minimum Gasteiger partial charge on any atom is -0.497 e. The second kappa shape index (κ2) is 7.84. The van der Waals surface area contributed by atoms with Crippen molar-refractivity contribution in [1.29, 1.82) is 0 Å². The van der Waals surface area contributed by atoms with Crippen LogP contribution in [0.4, 0.5) is 0 Å². The van der Waals surface area contributed by atoms with Gasteiger partial charge in [0, 0.05) is 11.1 Å². The number of hydrogen-bond donors (Lipinski definition) is 0. The Kier molecular flexibility index (Phi) is 4.93. The predicted molar refractivity (Wildman–Crippen MR) is 106 cm³/mol. The van der Waals surface area contributed by atoms with Crippen LogP contribution >= 0.6 is 0 Å². The van der Waals surface area contributed by atoms with Crippen LogP contribution in [0.3, 0.4) is 0 Å². The van der Waals surface area contributed by atoms with Gasteiger partial charge < -0.3 is 4.74 Å². The number of rotatable bonds is 6. The van der Waals surface area contributed by atoms with Gasteiger partial charge in [-0.15, -0.1) is 10.2 Å². The highest BCUT2D eigenvalue weighted by molar-refractivity contribution is 5.96. The topological polar surface area (TPSA) is 69.9 Å². The fourth-order valence-electron chi connectivity index (χ4n) is 2.89. The Morgan fingerprint density at radius 2 is 1.61 bits per heavy atom. The number of nitrogens with zero attached hydrogens (tertiary/aromatic N) is 4. The summed E-state index contributed by atoms with van der Waals surface area (Å²) >= 11 is 0. The van der Waals surface area contributed by atoms with E-state index in [0.29, 0.717) is 17.1 Å². The zero-order valence-corrected chi connectivity index (χ0v) is 15.3. The van der Waals surface area contributed by atoms with Gasteiger partial charge in [0.1, 0.15) is 12.3 Å². The maximum atomic E-state index is 12.6. The third-order valence-electron chi connectivity index (χ3n) is 4.38. The van der Waals surface area contributed by atoms with Crippen molar-refractivity contribution in [3.63, 3.8) is 0 Å². The van der Waals surface area contributed by atoms with Gasteiger partial charge in [0.05, 0.1) is 7.11 Å². The van der Waals surface area contributed by atoms with Crippen molar-refractivity contribution in [2.45, 2.75) is 6.54 Å². The van der Waals surface area contributed by atoms with Gasteiger partial charge in [-0.3, -0.25) is 4.79 Å². The Bertz CT molecular complexity index is 1090. The molecule has 3 aromatic carbocycles. The van der Waals surface area contributed by atoms with Crippen LogP contribution < -0.4 is 4.74 Å². The highest BCUT2D eigenvalue weighted by Gasteiger charge is 2.12. The monoisotopic (exact) mass is 370 g/mol. The van der Waals surface area contributed by atoms with Gasteiger partial charge >= 0.3 is 0 Å². The number of hydrogen-bond acceptors (Lipinski definition) is 5. The van der Waals surface area contributed by atoms with Crippen molar-refractivity contribution < 1.29 is 9.53 Å². The second-order valence-corrected chi connectivity index (χ2v) is 6.24. The normalized spacial score (nSPS) is 10.6. The first-order valence-corrected chi connectivity index (χ1v) is 8.84. The van der Waals surface area contributed by atoms with Crippen molar-refractivity contribution in [2.24, 2.45) is 0 Å². The van der Waals surface area contributed by atoms with E-state index in [1.54, 1.807) is 7.11 Å². The minimum absolute atomic E-state index is 0.0294. The van der Waals surface area contributed by atoms with Crippen molar-refractivity contribution in [1.82, 2.24) is 20.2 Å². The summed E-state index contributed by atoms with van der Waals surface area (Å²) in [7, 11) is 1.60. The second-order valence-electron chi connectivity index (χ2n) is 6.24. The molecule has 6 nitrogen and oxygen atoms in total. The molecule has 0 aliphatic carbocycles. The summed E-state index contributed by atoms with van der Waals surface area (Å²) in [5.74, 6) is 1.09. The number of ether oxygens (including phenoxy) is 1. The summed E-state index contributed by atoms with van der Waals surface area (Å²) in [5.41, 5.74) is 3.57. The number of ketones is 1. The molecule has 0 aliphatic rings. The molecule has 0 N–H and O–H groups in total. The maximum Gasteiger partial charge on any atom is 0.205 e. The molecule has 0 atom stereocenters. The molecule has 0 spiro atoms. The molecule has 1 heterocycles. The third-order valence-corrected chi connectivity index (χ3v) is 4.38. The van der Waals surface area contributed by atoms with E-state index in [9.17, 15) is 4.79 Å². The van der Waals surface area contributed by atoms with E-state index in [0.717, 1.165) is 16.7 Å². The molecular weight excluding hydrogens is 352 g/mol. The lowest BCUT2D eigenvalue weighted by molar-refractivity contribution is 0.0961. The molecule has 0 radical (unpaired) electrons. The van der Waals surface area contributed by atoms with E-state index >= 15 is 0 Å². The molecule has 4 rings (SSSR count). The standard InChI is InChI=1S/C22H18N4O2/c1-28-20-9-5-8-19(14-20)22-23-25-26(24-22)15-21(27)18-12-10-17(11-13-18)16-6-3-2-4-7-16/h2-14H,15H2,1H3. The summed E-state index contributed by atoms with van der Waals surface area (Å²) in [5, 5.41) is 12.3. The quantitative estimate of drug-likeness (QED) is 0.482. The predicted octanol–water partition coefficient (Wildman–Crippen LogP) is 3.90. The van der Waals surface area contributed by atoms with E-state index in [2.05, 4.69) is 15.4 Å². The van der Waals surface area contributed by atoms with Crippen LogP contribution in [-0.2, 0) is 6.54 Å². The molecule has 0 unspecified atom stereocenters. The fraction of sp³-hybridized carbons (Fsp3) is 0.0909. The molecular formula is C22H18N4O2. The summed E-state index contributed by atoms with van der Waals surface area (Å²) in [4.78, 5) is 13.9. The lowest BCUT2D eigenvalue weighted by Gasteiger charge is -2.04. The summed E-state index contributed by atoms with van der Waals surface area (Å²) in [6.45, 7) is 0.0294. The van der Waals surface area contributed by atoms with Crippen molar-refractivity contribution in [3.8, 4) is 28.3 Å². The van der Waals surface area contributed by atoms with Gasteiger partial charge in [-0.1, -0.05) is 66.7 Å². The molecule has 0 aliphatic heterocycles. The molecule has 138 valence electrons. The van der Waals surface area contributed by atoms with Crippen LogP contribution in [-0.4, -0.2) is 33.1 Å². The van der Waals surface area contributed by atoms with Crippen LogP contribution in [0.5, 0.6) is 5.75 Å². The first-order valence-electron chi connectivity index (χ1n) is 8.84. The number of methoxy groups -OCH3 is 1. The van der Waals surface area contributed by atoms with Gasteiger partial charge in [0.15, 0.2) is 5.78 Å². The van der Waals surface area contributed by atoms with E-state index in [4.69, 9.17) is 4.74 Å². The summed E-state index contributed by atoms with van der Waals surface area (Å²) in [6, 6.07) is 25.0. The number of carbonyl (C=O) groups is 1. The van der Waals surface area contributed by atoms with Crippen molar-refractivity contribution >= 4 is 5.78 Å². The Hall–Kier alpha value is -3.80. The molecule has 6 heteroatoms. The number of benzene rings is 3. The van der Waals surface area contributed by atoms with E-state index in [-0.39, 0.29) is 12.3 Å². The largest absolute Gasteiger partial charge is 0.497 e. The highest BCUT2D eigenvalue weighted by atomic mass is 16.5. The zero-order chi connectivity index (χ0) is 19.3. The first kappa shape index (κ1) is 17.6. The molecule has 4 aromatic rings. The third kappa shape index (κ3) is 3.81. The average Bonchev–Trinajstić information content (AvgIpc) is 3.23. The SMILES string of the molecule is COc1cccc(-c2nnn(CC(=O)c3ccc(-c4ccccc4)cc3)n2)c1. The molecule has 28 heavy (non-hydrogen) atoms. The number of aromatic nitrogens is 4. The average molecular weight is 370 g/mol. The summed E-state index contributed by atoms with van der Waals surface area (Å²) in [6.07, 6.45) is 0. The Balaban J connectivity index is 1.47. The van der Waals surface area contributed by atoms with Crippen LogP contribution in [0.25, 0.3) is 22.5 Å². The van der Waals surface area contributed by atoms with Crippen LogP contribution in [0.2, 0.25) is 0 Å². The number of carbonyl (C=O) groups excluding carboxylic acids is 1. The smallest absolute Gasteiger partial charge is 0.205 e. The van der Waals surface area contributed by atoms with Gasteiger partial charge in [-0.05, 0) is 28.5 Å². The van der Waals surface area contributed by atoms with Crippen LogP contribution in [0.15, 0.2) is 78.9 Å². The Morgan fingerprint density at radius 3 is 2.36 bits per heavy atom. The molecule has 0 fully saturated rings. The molecule has 1 aromatic heterocycles. The fourth-order valence-corrected chi connectivity index (χ4v) is 2.89. The van der Waals surface area contributed by atoms with Gasteiger partial charge in [-0.25, -0.2) is 0 Å². The van der Waals surface area contributed by atoms with Crippen molar-refractivity contribution in [3.05, 3.63) is 84.4 Å². The zero-order valence-electron chi connectivity index (χ0n) is 15.3. The Labute approximate surface area is 162 Å². The lowest BCUT2D eigenvalue weighted by Crippen LogP contribution is -2.13. The van der Waals surface area contributed by atoms with E-state index < -0.39 is 0 Å². The molecule has 0 amide bonds. The van der Waals surface area contributed by atoms with Crippen LogP contribution in [0.1, 0.15) is 10.4 Å². The van der Waals surface area contributed by atoms with Crippen LogP contribution in [0, 0.1) is 0 Å². The number of Topliss-reactive ketones (excluding diaryl/α,β-unsaturated/α-hetero) is 1. The van der Waals surface area contributed by atoms with Gasteiger partial charge in [-0.2, -0.15) is 4.80 Å². The molecule has 0 saturated carbocycles. The first-order chi connectivity index (χ1) is 13.7. The lowest BCUT2D eigenvalue weighted by atomic mass is 10.0.